The summed E-state index contributed by atoms with van der Waals surface area (Å²) < 4.78 is 8.02. The van der Waals surface area contributed by atoms with Crippen molar-refractivity contribution in [2.75, 3.05) is 13.1 Å². The van der Waals surface area contributed by atoms with Gasteiger partial charge in [0.1, 0.15) is 0 Å². The molecular formula is C31H30N4O3. The Morgan fingerprint density at radius 1 is 0.947 bits per heavy atom. The van der Waals surface area contributed by atoms with Gasteiger partial charge >= 0.3 is 5.97 Å². The van der Waals surface area contributed by atoms with Gasteiger partial charge in [0, 0.05) is 48.8 Å². The molecule has 6 rings (SSSR count). The number of carbonyl (C=O) groups is 1. The number of hydrogen-bond acceptors (Lipinski definition) is 5. The van der Waals surface area contributed by atoms with Crippen molar-refractivity contribution in [3.63, 3.8) is 0 Å². The molecule has 0 saturated carbocycles. The second-order valence-corrected chi connectivity index (χ2v) is 10.5. The molecule has 7 nitrogen and oxygen atoms in total. The molecule has 0 bridgehead atoms. The highest BCUT2D eigenvalue weighted by atomic mass is 16.5. The van der Waals surface area contributed by atoms with Crippen LogP contribution in [0.3, 0.4) is 0 Å². The van der Waals surface area contributed by atoms with Crippen LogP contribution in [0.1, 0.15) is 27.8 Å². The third kappa shape index (κ3) is 4.61. The zero-order valence-corrected chi connectivity index (χ0v) is 21.8. The summed E-state index contributed by atoms with van der Waals surface area (Å²) in [7, 11) is 0. The number of benzene rings is 3. The smallest absolute Gasteiger partial charge is 0.309 e. The minimum absolute atomic E-state index is 0.247. The summed E-state index contributed by atoms with van der Waals surface area (Å²) in [5.74, 6) is 0.0822. The molecule has 1 aliphatic rings. The Bertz CT molecular complexity index is 1640. The Morgan fingerprint density at radius 2 is 1.71 bits per heavy atom. The van der Waals surface area contributed by atoms with E-state index >= 15 is 0 Å². The maximum atomic E-state index is 11.0. The molecular weight excluding hydrogens is 476 g/mol. The number of likely N-dealkylation sites (tertiary alicyclic amines) is 1. The highest BCUT2D eigenvalue weighted by molar-refractivity contribution is 5.94. The fourth-order valence-electron chi connectivity index (χ4n) is 5.13. The van der Waals surface area contributed by atoms with Crippen LogP contribution in [-0.4, -0.2) is 43.8 Å². The van der Waals surface area contributed by atoms with Gasteiger partial charge in [0.15, 0.2) is 0 Å². The number of carboxylic acid groups (broad SMARTS) is 1. The van der Waals surface area contributed by atoms with Crippen molar-refractivity contribution in [3.05, 3.63) is 94.7 Å². The van der Waals surface area contributed by atoms with E-state index in [9.17, 15) is 4.79 Å². The molecule has 1 N–H and O–H groups in total. The van der Waals surface area contributed by atoms with E-state index in [1.54, 1.807) is 0 Å². The monoisotopic (exact) mass is 506 g/mol. The lowest BCUT2D eigenvalue weighted by atomic mass is 9.99. The predicted molar refractivity (Wildman–Crippen MR) is 147 cm³/mol. The fraction of sp³-hybridized carbons (Fsp3) is 0.258. The molecule has 0 aliphatic carbocycles. The summed E-state index contributed by atoms with van der Waals surface area (Å²) in [6.07, 6.45) is 2.11. The molecule has 3 aromatic carbocycles. The molecule has 1 saturated heterocycles. The first-order valence-electron chi connectivity index (χ1n) is 12.9. The molecule has 0 radical (unpaired) electrons. The number of aliphatic carboxylic acids is 1. The van der Waals surface area contributed by atoms with Crippen molar-refractivity contribution in [2.45, 2.75) is 33.9 Å². The number of aromatic nitrogens is 3. The molecule has 0 spiro atoms. The molecule has 1 aliphatic heterocycles. The van der Waals surface area contributed by atoms with E-state index in [0.29, 0.717) is 24.8 Å². The SMILES string of the molecule is Cc1ccc2c(c1)c(-c1nc(-c3ccc(CN4CC(C(=O)O)C4)cc3)no1)cn2Cc1ccc(C)c(C)c1. The first kappa shape index (κ1) is 24.1. The summed E-state index contributed by atoms with van der Waals surface area (Å²) in [6, 6.07) is 21.1. The minimum Gasteiger partial charge on any atom is -0.481 e. The molecule has 0 amide bonds. The van der Waals surface area contributed by atoms with Gasteiger partial charge in [0.2, 0.25) is 5.82 Å². The maximum absolute atomic E-state index is 11.0. The Morgan fingerprint density at radius 3 is 2.45 bits per heavy atom. The number of carboxylic acids is 1. The number of rotatable bonds is 7. The van der Waals surface area contributed by atoms with Gasteiger partial charge in [0.05, 0.1) is 11.5 Å². The van der Waals surface area contributed by atoms with Gasteiger partial charge in [-0.1, -0.05) is 59.3 Å². The standard InChI is InChI=1S/C31H30N4O3/c1-19-4-11-28-26(12-19)27(18-35(28)15-23-6-5-20(2)21(3)13-23)30-32-29(33-38-30)24-9-7-22(8-10-24)14-34-16-25(17-34)31(36)37/h4-13,18,25H,14-17H2,1-3H3,(H,36,37). The molecule has 0 atom stereocenters. The van der Waals surface area contributed by atoms with Crippen LogP contribution in [0.25, 0.3) is 33.7 Å². The summed E-state index contributed by atoms with van der Waals surface area (Å²) in [5, 5.41) is 14.4. The van der Waals surface area contributed by atoms with Crippen LogP contribution >= 0.6 is 0 Å². The minimum atomic E-state index is -0.715. The van der Waals surface area contributed by atoms with Crippen molar-refractivity contribution in [1.82, 2.24) is 19.6 Å². The second-order valence-electron chi connectivity index (χ2n) is 10.5. The number of hydrogen-bond donors (Lipinski definition) is 1. The van der Waals surface area contributed by atoms with Crippen LogP contribution in [0.5, 0.6) is 0 Å². The van der Waals surface area contributed by atoms with Crippen LogP contribution in [0.2, 0.25) is 0 Å². The topological polar surface area (TPSA) is 84.4 Å². The van der Waals surface area contributed by atoms with Gasteiger partial charge in [0.25, 0.3) is 5.89 Å². The molecule has 0 unspecified atom stereocenters. The van der Waals surface area contributed by atoms with E-state index < -0.39 is 5.97 Å². The average Bonchev–Trinajstić information content (AvgIpc) is 3.49. The van der Waals surface area contributed by atoms with Crippen LogP contribution in [0.15, 0.2) is 71.4 Å². The zero-order chi connectivity index (χ0) is 26.4. The van der Waals surface area contributed by atoms with Gasteiger partial charge in [-0.2, -0.15) is 4.98 Å². The molecule has 2 aromatic heterocycles. The first-order valence-corrected chi connectivity index (χ1v) is 12.9. The first-order chi connectivity index (χ1) is 18.3. The lowest BCUT2D eigenvalue weighted by Crippen LogP contribution is -2.49. The molecule has 1 fully saturated rings. The lowest BCUT2D eigenvalue weighted by molar-refractivity contribution is -0.147. The Balaban J connectivity index is 1.25. The largest absolute Gasteiger partial charge is 0.481 e. The molecule has 5 aromatic rings. The summed E-state index contributed by atoms with van der Waals surface area (Å²) in [5.41, 5.74) is 9.07. The predicted octanol–water partition coefficient (Wildman–Crippen LogP) is 5.85. The molecule has 192 valence electrons. The van der Waals surface area contributed by atoms with Crippen LogP contribution in [-0.2, 0) is 17.9 Å². The highest BCUT2D eigenvalue weighted by Crippen LogP contribution is 2.32. The average molecular weight is 507 g/mol. The molecule has 7 heteroatoms. The van der Waals surface area contributed by atoms with Crippen molar-refractivity contribution < 1.29 is 14.4 Å². The highest BCUT2D eigenvalue weighted by Gasteiger charge is 2.32. The maximum Gasteiger partial charge on any atom is 0.309 e. The van der Waals surface area contributed by atoms with E-state index in [0.717, 1.165) is 40.7 Å². The zero-order valence-electron chi connectivity index (χ0n) is 21.8. The third-order valence-corrected chi connectivity index (χ3v) is 7.54. The van der Waals surface area contributed by atoms with E-state index in [1.165, 1.54) is 22.3 Å². The lowest BCUT2D eigenvalue weighted by Gasteiger charge is -2.36. The van der Waals surface area contributed by atoms with Crippen molar-refractivity contribution in [2.24, 2.45) is 5.92 Å². The number of fused-ring (bicyclic) bond motifs is 1. The quantitative estimate of drug-likeness (QED) is 0.298. The Hall–Kier alpha value is -4.23. The van der Waals surface area contributed by atoms with Gasteiger partial charge in [-0.15, -0.1) is 0 Å². The second kappa shape index (κ2) is 9.58. The van der Waals surface area contributed by atoms with Crippen molar-refractivity contribution >= 4 is 16.9 Å². The fourth-order valence-corrected chi connectivity index (χ4v) is 5.13. The third-order valence-electron chi connectivity index (χ3n) is 7.54. The summed E-state index contributed by atoms with van der Waals surface area (Å²) in [6.45, 7) is 9.06. The van der Waals surface area contributed by atoms with Crippen molar-refractivity contribution in [1.29, 1.82) is 0 Å². The molecule has 3 heterocycles. The normalized spacial score (nSPS) is 14.2. The van der Waals surface area contributed by atoms with E-state index in [-0.39, 0.29) is 5.92 Å². The van der Waals surface area contributed by atoms with E-state index in [4.69, 9.17) is 14.6 Å². The Labute approximate surface area is 221 Å². The van der Waals surface area contributed by atoms with Crippen LogP contribution in [0, 0.1) is 26.7 Å². The van der Waals surface area contributed by atoms with Crippen LogP contribution in [0.4, 0.5) is 0 Å². The van der Waals surface area contributed by atoms with E-state index in [2.05, 4.69) is 78.0 Å². The van der Waals surface area contributed by atoms with Gasteiger partial charge < -0.3 is 14.2 Å². The van der Waals surface area contributed by atoms with Gasteiger partial charge in [-0.3, -0.25) is 9.69 Å². The Kier molecular flexibility index (Phi) is 6.08. The summed E-state index contributed by atoms with van der Waals surface area (Å²) >= 11 is 0. The summed E-state index contributed by atoms with van der Waals surface area (Å²) in [4.78, 5) is 17.9. The number of nitrogens with zero attached hydrogens (tertiary/aromatic N) is 4. The van der Waals surface area contributed by atoms with Gasteiger partial charge in [-0.25, -0.2) is 0 Å². The number of aryl methyl sites for hydroxylation is 3. The molecule has 38 heavy (non-hydrogen) atoms. The van der Waals surface area contributed by atoms with Crippen molar-refractivity contribution in [3.8, 4) is 22.8 Å². The van der Waals surface area contributed by atoms with E-state index in [1.807, 2.05) is 24.3 Å². The van der Waals surface area contributed by atoms with Crippen LogP contribution < -0.4 is 0 Å². The van der Waals surface area contributed by atoms with Gasteiger partial charge in [-0.05, 0) is 55.2 Å².